The van der Waals surface area contributed by atoms with E-state index in [4.69, 9.17) is 32.7 Å². The number of likely N-dealkylation sites (tertiary alicyclic amines) is 1. The average molecular weight is 517 g/mol. The number of rotatable bonds is 7. The molecule has 0 bridgehead atoms. The van der Waals surface area contributed by atoms with E-state index in [0.717, 1.165) is 17.5 Å². The molecule has 0 aromatic heterocycles. The van der Waals surface area contributed by atoms with Crippen LogP contribution in [0.1, 0.15) is 70.0 Å². The minimum atomic E-state index is -0.638. The van der Waals surface area contributed by atoms with Crippen molar-refractivity contribution in [3.8, 4) is 0 Å². The van der Waals surface area contributed by atoms with E-state index >= 15 is 0 Å². The number of benzene rings is 2. The van der Waals surface area contributed by atoms with Gasteiger partial charge in [-0.3, -0.25) is 4.79 Å². The monoisotopic (exact) mass is 515 g/mol. The zero-order chi connectivity index (χ0) is 25.4. The first kappa shape index (κ1) is 26.2. The van der Waals surface area contributed by atoms with Crippen LogP contribution in [0.25, 0.3) is 0 Å². The fourth-order valence-corrected chi connectivity index (χ4v) is 6.10. The predicted molar refractivity (Wildman–Crippen MR) is 142 cm³/mol. The van der Waals surface area contributed by atoms with Crippen molar-refractivity contribution >= 4 is 29.1 Å². The second-order valence-electron chi connectivity index (χ2n) is 10.5. The van der Waals surface area contributed by atoms with Gasteiger partial charge in [-0.05, 0) is 68.5 Å². The minimum Gasteiger partial charge on any atom is -0.348 e. The number of carbonyl (C=O) groups is 1. The molecule has 2 aromatic carbocycles. The molecule has 2 aliphatic rings. The van der Waals surface area contributed by atoms with Crippen LogP contribution in [0.2, 0.25) is 10.0 Å². The molecule has 2 aliphatic heterocycles. The van der Waals surface area contributed by atoms with Gasteiger partial charge < -0.3 is 14.4 Å². The standard InChI is InChI=1S/C29H35Cl2NO3/c1-6-23(7-2)32-26(19-11-13-21(30)14-12-19)25(20-9-8-10-22(31)15-20)17-29(5,27(32)33)16-24-18-34-28(3,4)35-24/h6,8-15,23-26H,1,7,16-18H2,2-5H3/t23-,24?,25-,26-,29+/m1/s1. The number of amides is 1. The second kappa shape index (κ2) is 10.3. The molecule has 0 radical (unpaired) electrons. The summed E-state index contributed by atoms with van der Waals surface area (Å²) >= 11 is 12.7. The van der Waals surface area contributed by atoms with Crippen molar-refractivity contribution in [2.75, 3.05) is 6.61 Å². The fraction of sp³-hybridized carbons (Fsp3) is 0.483. The van der Waals surface area contributed by atoms with Gasteiger partial charge in [0.1, 0.15) is 0 Å². The first-order valence-electron chi connectivity index (χ1n) is 12.3. The molecule has 6 heteroatoms. The third-order valence-electron chi connectivity index (χ3n) is 7.38. The molecule has 2 saturated heterocycles. The summed E-state index contributed by atoms with van der Waals surface area (Å²) < 4.78 is 12.0. The van der Waals surface area contributed by atoms with Crippen molar-refractivity contribution in [3.05, 3.63) is 82.4 Å². The van der Waals surface area contributed by atoms with Crippen LogP contribution in [-0.4, -0.2) is 35.3 Å². The Bertz CT molecular complexity index is 1070. The molecule has 188 valence electrons. The van der Waals surface area contributed by atoms with Crippen LogP contribution in [0.5, 0.6) is 0 Å². The molecule has 2 aromatic rings. The summed E-state index contributed by atoms with van der Waals surface area (Å²) in [7, 11) is 0. The molecule has 4 rings (SSSR count). The maximum Gasteiger partial charge on any atom is 0.229 e. The van der Waals surface area contributed by atoms with E-state index < -0.39 is 11.2 Å². The molecule has 5 atom stereocenters. The quantitative estimate of drug-likeness (QED) is 0.357. The third-order valence-corrected chi connectivity index (χ3v) is 7.87. The molecular weight excluding hydrogens is 481 g/mol. The van der Waals surface area contributed by atoms with Gasteiger partial charge in [0.2, 0.25) is 5.91 Å². The van der Waals surface area contributed by atoms with Gasteiger partial charge >= 0.3 is 0 Å². The highest BCUT2D eigenvalue weighted by atomic mass is 35.5. The Morgan fingerprint density at radius 2 is 1.83 bits per heavy atom. The molecule has 1 unspecified atom stereocenters. The number of piperidine rings is 1. The van der Waals surface area contributed by atoms with E-state index in [1.165, 1.54) is 0 Å². The molecule has 4 nitrogen and oxygen atoms in total. The molecular formula is C29H35Cl2NO3. The van der Waals surface area contributed by atoms with Crippen LogP contribution in [0, 0.1) is 5.41 Å². The van der Waals surface area contributed by atoms with Gasteiger partial charge in [0, 0.05) is 21.4 Å². The largest absolute Gasteiger partial charge is 0.348 e. The van der Waals surface area contributed by atoms with Crippen molar-refractivity contribution in [1.82, 2.24) is 4.90 Å². The first-order valence-corrected chi connectivity index (χ1v) is 13.1. The van der Waals surface area contributed by atoms with Crippen LogP contribution in [-0.2, 0) is 14.3 Å². The Labute approximate surface area is 219 Å². The van der Waals surface area contributed by atoms with Gasteiger partial charge in [-0.2, -0.15) is 0 Å². The zero-order valence-corrected chi connectivity index (χ0v) is 22.5. The Kier molecular flexibility index (Phi) is 7.68. The minimum absolute atomic E-state index is 0.0295. The summed E-state index contributed by atoms with van der Waals surface area (Å²) in [6, 6.07) is 15.6. The van der Waals surface area contributed by atoms with E-state index in [9.17, 15) is 4.79 Å². The van der Waals surface area contributed by atoms with Crippen LogP contribution < -0.4 is 0 Å². The lowest BCUT2D eigenvalue weighted by atomic mass is 9.66. The van der Waals surface area contributed by atoms with Gasteiger partial charge in [-0.15, -0.1) is 6.58 Å². The summed E-state index contributed by atoms with van der Waals surface area (Å²) in [6.07, 6.45) is 3.78. The van der Waals surface area contributed by atoms with Crippen LogP contribution in [0.4, 0.5) is 0 Å². The highest BCUT2D eigenvalue weighted by molar-refractivity contribution is 6.30. The smallest absolute Gasteiger partial charge is 0.229 e. The Morgan fingerprint density at radius 1 is 1.11 bits per heavy atom. The van der Waals surface area contributed by atoms with Gasteiger partial charge in [0.05, 0.1) is 24.8 Å². The zero-order valence-electron chi connectivity index (χ0n) is 21.0. The van der Waals surface area contributed by atoms with Crippen molar-refractivity contribution in [1.29, 1.82) is 0 Å². The predicted octanol–water partition coefficient (Wildman–Crippen LogP) is 7.56. The van der Waals surface area contributed by atoms with E-state index in [1.54, 1.807) is 0 Å². The SMILES string of the molecule is C=C[C@H](CC)N1C(=O)[C@@](C)(CC2COC(C)(C)O2)C[C@H](c2cccc(Cl)c2)[C@H]1c1ccc(Cl)cc1. The van der Waals surface area contributed by atoms with Crippen LogP contribution >= 0.6 is 23.2 Å². The maximum absolute atomic E-state index is 14.4. The lowest BCUT2D eigenvalue weighted by Crippen LogP contribution is -2.56. The molecule has 0 spiro atoms. The molecule has 0 N–H and O–H groups in total. The summed E-state index contributed by atoms with van der Waals surface area (Å²) in [6.45, 7) is 12.6. The van der Waals surface area contributed by atoms with E-state index in [1.807, 2.05) is 67.3 Å². The third kappa shape index (κ3) is 5.46. The van der Waals surface area contributed by atoms with Crippen molar-refractivity contribution in [2.45, 2.75) is 76.9 Å². The Balaban J connectivity index is 1.83. The summed E-state index contributed by atoms with van der Waals surface area (Å²) in [4.78, 5) is 16.4. The number of carbonyl (C=O) groups excluding carboxylic acids is 1. The van der Waals surface area contributed by atoms with Crippen molar-refractivity contribution < 1.29 is 14.3 Å². The summed E-state index contributed by atoms with van der Waals surface area (Å²) in [5.41, 5.74) is 1.53. The number of hydrogen-bond donors (Lipinski definition) is 0. The maximum atomic E-state index is 14.4. The lowest BCUT2D eigenvalue weighted by Gasteiger charge is -2.52. The van der Waals surface area contributed by atoms with Gasteiger partial charge in [0.25, 0.3) is 0 Å². The van der Waals surface area contributed by atoms with Crippen LogP contribution in [0.15, 0.2) is 61.2 Å². The van der Waals surface area contributed by atoms with Crippen LogP contribution in [0.3, 0.4) is 0 Å². The highest BCUT2D eigenvalue weighted by Gasteiger charge is 2.52. The normalized spacial score (nSPS) is 29.3. The van der Waals surface area contributed by atoms with Gasteiger partial charge in [0.15, 0.2) is 5.79 Å². The lowest BCUT2D eigenvalue weighted by molar-refractivity contribution is -0.161. The number of nitrogens with zero attached hydrogens (tertiary/aromatic N) is 1. The van der Waals surface area contributed by atoms with Crippen molar-refractivity contribution in [3.63, 3.8) is 0 Å². The molecule has 2 heterocycles. The second-order valence-corrected chi connectivity index (χ2v) is 11.4. The fourth-order valence-electron chi connectivity index (χ4n) is 5.78. The molecule has 0 saturated carbocycles. The van der Waals surface area contributed by atoms with E-state index in [2.05, 4.69) is 26.5 Å². The van der Waals surface area contributed by atoms with Gasteiger partial charge in [-0.1, -0.05) is 67.4 Å². The average Bonchev–Trinajstić information content (AvgIpc) is 3.15. The summed E-state index contributed by atoms with van der Waals surface area (Å²) in [5.74, 6) is -0.485. The highest BCUT2D eigenvalue weighted by Crippen LogP contribution is 2.53. The number of halogens is 2. The molecule has 0 aliphatic carbocycles. The van der Waals surface area contributed by atoms with Gasteiger partial charge in [-0.25, -0.2) is 0 Å². The first-order chi connectivity index (χ1) is 16.6. The summed E-state index contributed by atoms with van der Waals surface area (Å²) in [5, 5.41) is 1.36. The number of hydrogen-bond acceptors (Lipinski definition) is 3. The molecule has 2 fully saturated rings. The molecule has 35 heavy (non-hydrogen) atoms. The number of ether oxygens (including phenoxy) is 2. The Morgan fingerprint density at radius 3 is 2.40 bits per heavy atom. The van der Waals surface area contributed by atoms with E-state index in [-0.39, 0.29) is 30.0 Å². The topological polar surface area (TPSA) is 38.8 Å². The Hall–Kier alpha value is -1.85. The van der Waals surface area contributed by atoms with E-state index in [0.29, 0.717) is 29.5 Å². The molecule has 1 amide bonds. The van der Waals surface area contributed by atoms with Crippen molar-refractivity contribution in [2.24, 2.45) is 5.41 Å².